The number of benzene rings is 2. The first kappa shape index (κ1) is 19.5. The molecule has 1 fully saturated rings. The quantitative estimate of drug-likeness (QED) is 0.625. The molecular weight excluding hydrogens is 370 g/mol. The Balaban J connectivity index is 1.40. The highest BCUT2D eigenvalue weighted by Crippen LogP contribution is 2.39. The van der Waals surface area contributed by atoms with E-state index in [9.17, 15) is 13.6 Å². The summed E-state index contributed by atoms with van der Waals surface area (Å²) in [6.07, 6.45) is 5.68. The molecule has 0 unspecified atom stereocenters. The highest BCUT2D eigenvalue weighted by atomic mass is 19.1. The topological polar surface area (TPSA) is 42.0 Å². The lowest BCUT2D eigenvalue weighted by atomic mass is 9.75. The van der Waals surface area contributed by atoms with Crippen LogP contribution in [0.25, 0.3) is 10.9 Å². The maximum absolute atomic E-state index is 14.1. The number of halogens is 2. The monoisotopic (exact) mass is 394 g/mol. The molecule has 3 nitrogen and oxygen atoms in total. The Morgan fingerprint density at radius 3 is 2.48 bits per heavy atom. The molecule has 1 heterocycles. The van der Waals surface area contributed by atoms with Crippen LogP contribution in [0, 0.1) is 17.6 Å². The van der Waals surface area contributed by atoms with Crippen molar-refractivity contribution >= 4 is 16.8 Å². The van der Waals surface area contributed by atoms with Crippen molar-refractivity contribution in [1.82, 2.24) is 10.3 Å². The second kappa shape index (κ2) is 8.27. The van der Waals surface area contributed by atoms with Gasteiger partial charge in [-0.3, -0.25) is 9.78 Å². The van der Waals surface area contributed by atoms with Crippen LogP contribution in [0.4, 0.5) is 8.78 Å². The van der Waals surface area contributed by atoms with E-state index in [-0.39, 0.29) is 23.6 Å². The van der Waals surface area contributed by atoms with Crippen molar-refractivity contribution in [2.75, 3.05) is 0 Å². The highest BCUT2D eigenvalue weighted by molar-refractivity contribution is 5.94. The number of amides is 1. The molecule has 1 N–H and O–H groups in total. The van der Waals surface area contributed by atoms with Crippen molar-refractivity contribution < 1.29 is 13.6 Å². The molecular formula is C24H24F2N2O. The third-order valence-electron chi connectivity index (χ3n) is 6.14. The highest BCUT2D eigenvalue weighted by Gasteiger charge is 2.28. The Labute approximate surface area is 169 Å². The van der Waals surface area contributed by atoms with Gasteiger partial charge in [0.1, 0.15) is 17.2 Å². The summed E-state index contributed by atoms with van der Waals surface area (Å²) in [5.74, 6) is -0.0409. The molecule has 3 aromatic rings. The lowest BCUT2D eigenvalue weighted by Gasteiger charge is -2.33. The minimum Gasteiger partial charge on any atom is -0.349 e. The Bertz CT molecular complexity index is 1010. The van der Waals surface area contributed by atoms with Gasteiger partial charge in [0, 0.05) is 23.2 Å². The van der Waals surface area contributed by atoms with Gasteiger partial charge in [0.15, 0.2) is 0 Å². The average molecular weight is 394 g/mol. The number of hydrogen-bond donors (Lipinski definition) is 1. The van der Waals surface area contributed by atoms with Gasteiger partial charge in [-0.2, -0.15) is 0 Å². The van der Waals surface area contributed by atoms with Gasteiger partial charge < -0.3 is 5.32 Å². The first-order valence-electron chi connectivity index (χ1n) is 10.1. The van der Waals surface area contributed by atoms with Crippen molar-refractivity contribution in [1.29, 1.82) is 0 Å². The minimum atomic E-state index is -0.351. The minimum absolute atomic E-state index is 0.0418. The van der Waals surface area contributed by atoms with Crippen molar-refractivity contribution in [3.63, 3.8) is 0 Å². The summed E-state index contributed by atoms with van der Waals surface area (Å²) in [4.78, 5) is 16.6. The van der Waals surface area contributed by atoms with Gasteiger partial charge in [0.2, 0.25) is 0 Å². The number of para-hydroxylation sites is 1. The molecule has 1 amide bonds. The van der Waals surface area contributed by atoms with Crippen LogP contribution in [0.3, 0.4) is 0 Å². The molecule has 1 aliphatic rings. The Morgan fingerprint density at radius 2 is 1.76 bits per heavy atom. The maximum atomic E-state index is 14.1. The number of fused-ring (bicyclic) bond motifs is 1. The molecule has 150 valence electrons. The van der Waals surface area contributed by atoms with Crippen LogP contribution >= 0.6 is 0 Å². The average Bonchev–Trinajstić information content (AvgIpc) is 2.74. The van der Waals surface area contributed by atoms with E-state index in [4.69, 9.17) is 0 Å². The summed E-state index contributed by atoms with van der Waals surface area (Å²) in [6, 6.07) is 12.8. The van der Waals surface area contributed by atoms with Gasteiger partial charge in [-0.05, 0) is 86.4 Å². The zero-order chi connectivity index (χ0) is 20.4. The van der Waals surface area contributed by atoms with Gasteiger partial charge in [0.05, 0.1) is 0 Å². The lowest BCUT2D eigenvalue weighted by molar-refractivity contribution is 0.0918. The first-order valence-corrected chi connectivity index (χ1v) is 10.1. The van der Waals surface area contributed by atoms with Crippen LogP contribution < -0.4 is 5.32 Å². The summed E-state index contributed by atoms with van der Waals surface area (Å²) < 4.78 is 27.1. The van der Waals surface area contributed by atoms with Crippen molar-refractivity contribution in [3.05, 3.63) is 77.5 Å². The van der Waals surface area contributed by atoms with Crippen LogP contribution in [0.2, 0.25) is 0 Å². The predicted octanol–water partition coefficient (Wildman–Crippen LogP) is 5.61. The summed E-state index contributed by atoms with van der Waals surface area (Å²) in [7, 11) is 0. The maximum Gasteiger partial charge on any atom is 0.251 e. The fourth-order valence-electron chi connectivity index (χ4n) is 4.46. The molecule has 0 aliphatic heterocycles. The van der Waals surface area contributed by atoms with E-state index < -0.39 is 0 Å². The van der Waals surface area contributed by atoms with Crippen LogP contribution in [0.15, 0.2) is 54.7 Å². The number of nitrogens with one attached hydrogen (secondary N) is 1. The third-order valence-corrected chi connectivity index (χ3v) is 6.14. The van der Waals surface area contributed by atoms with E-state index in [0.717, 1.165) is 36.6 Å². The second-order valence-electron chi connectivity index (χ2n) is 7.92. The number of aromatic nitrogens is 1. The summed E-state index contributed by atoms with van der Waals surface area (Å²) in [5.41, 5.74) is 2.07. The summed E-state index contributed by atoms with van der Waals surface area (Å²) >= 11 is 0. The van der Waals surface area contributed by atoms with Gasteiger partial charge in [-0.25, -0.2) is 8.78 Å². The molecule has 29 heavy (non-hydrogen) atoms. The normalized spacial score (nSPS) is 20.4. The molecule has 1 aliphatic carbocycles. The Morgan fingerprint density at radius 1 is 1.03 bits per heavy atom. The number of nitrogens with zero attached hydrogens (tertiary/aromatic N) is 1. The fraction of sp³-hybridized carbons (Fsp3) is 0.333. The fourth-order valence-corrected chi connectivity index (χ4v) is 4.46. The predicted molar refractivity (Wildman–Crippen MR) is 110 cm³/mol. The van der Waals surface area contributed by atoms with Crippen LogP contribution in [0.5, 0.6) is 0 Å². The van der Waals surface area contributed by atoms with E-state index in [2.05, 4.69) is 10.3 Å². The number of carbonyl (C=O) groups is 1. The number of hydrogen-bond acceptors (Lipinski definition) is 2. The lowest BCUT2D eigenvalue weighted by Crippen LogP contribution is -2.39. The molecule has 5 heteroatoms. The molecule has 4 rings (SSSR count). The van der Waals surface area contributed by atoms with Gasteiger partial charge in [0.25, 0.3) is 5.91 Å². The van der Waals surface area contributed by atoms with Crippen LogP contribution in [0.1, 0.15) is 54.4 Å². The number of carbonyl (C=O) groups excluding carboxylic acids is 1. The Hall–Kier alpha value is -2.82. The standard InChI is InChI=1S/C24H24F2N2O/c1-15(28-24(29)18-9-11-19(25)12-10-18)16-5-7-17(8-6-16)20-13-14-27-23-21(20)3-2-4-22(23)26/h2-4,9-17H,5-8H2,1H3,(H,28,29)/t15-,16?,17?/m1/s1. The summed E-state index contributed by atoms with van der Waals surface area (Å²) in [5, 5.41) is 3.95. The summed E-state index contributed by atoms with van der Waals surface area (Å²) in [6.45, 7) is 2.03. The molecule has 0 spiro atoms. The zero-order valence-electron chi connectivity index (χ0n) is 16.4. The van der Waals surface area contributed by atoms with E-state index in [1.165, 1.54) is 30.3 Å². The second-order valence-corrected chi connectivity index (χ2v) is 7.92. The van der Waals surface area contributed by atoms with Gasteiger partial charge in [-0.1, -0.05) is 12.1 Å². The van der Waals surface area contributed by atoms with Gasteiger partial charge in [-0.15, -0.1) is 0 Å². The van der Waals surface area contributed by atoms with Crippen LogP contribution in [-0.4, -0.2) is 16.9 Å². The molecule has 0 radical (unpaired) electrons. The first-order chi connectivity index (χ1) is 14.0. The SMILES string of the molecule is C[C@@H](NC(=O)c1ccc(F)cc1)C1CCC(c2ccnc3c(F)cccc23)CC1. The smallest absolute Gasteiger partial charge is 0.251 e. The van der Waals surface area contributed by atoms with Crippen molar-refractivity contribution in [2.45, 2.75) is 44.6 Å². The van der Waals surface area contributed by atoms with Crippen molar-refractivity contribution in [3.8, 4) is 0 Å². The van der Waals surface area contributed by atoms with Crippen LogP contribution in [-0.2, 0) is 0 Å². The molecule has 1 aromatic heterocycles. The van der Waals surface area contributed by atoms with E-state index in [0.29, 0.717) is 22.9 Å². The molecule has 1 saturated carbocycles. The van der Waals surface area contributed by atoms with E-state index >= 15 is 0 Å². The van der Waals surface area contributed by atoms with Gasteiger partial charge >= 0.3 is 0 Å². The zero-order valence-corrected chi connectivity index (χ0v) is 16.4. The molecule has 0 bridgehead atoms. The number of pyridine rings is 1. The number of rotatable bonds is 4. The third kappa shape index (κ3) is 4.14. The molecule has 2 aromatic carbocycles. The van der Waals surface area contributed by atoms with E-state index in [1.54, 1.807) is 12.3 Å². The molecule has 1 atom stereocenters. The largest absolute Gasteiger partial charge is 0.349 e. The van der Waals surface area contributed by atoms with Crippen molar-refractivity contribution in [2.24, 2.45) is 5.92 Å². The molecule has 0 saturated heterocycles. The Kier molecular flexibility index (Phi) is 5.56. The van der Waals surface area contributed by atoms with E-state index in [1.807, 2.05) is 19.1 Å².